The van der Waals surface area contributed by atoms with E-state index in [4.69, 9.17) is 0 Å². The molecule has 1 fully saturated rings. The number of fused-ring (bicyclic) bond motifs is 1. The van der Waals surface area contributed by atoms with E-state index in [-0.39, 0.29) is 5.91 Å². The number of rotatable bonds is 4. The summed E-state index contributed by atoms with van der Waals surface area (Å²) in [4.78, 5) is 31.9. The Labute approximate surface area is 129 Å². The zero-order valence-electron chi connectivity index (χ0n) is 13.1. The molecule has 3 rings (SSSR count). The maximum atomic E-state index is 12.5. The number of likely N-dealkylation sites (tertiary alicyclic amines) is 1. The van der Waals surface area contributed by atoms with E-state index in [9.17, 15) is 4.79 Å². The van der Waals surface area contributed by atoms with Crippen LogP contribution in [0.2, 0.25) is 0 Å². The summed E-state index contributed by atoms with van der Waals surface area (Å²) in [7, 11) is 1.88. The van der Waals surface area contributed by atoms with Gasteiger partial charge in [-0.1, -0.05) is 13.3 Å². The number of anilines is 1. The van der Waals surface area contributed by atoms with E-state index in [0.29, 0.717) is 23.9 Å². The summed E-state index contributed by atoms with van der Waals surface area (Å²) in [6, 6.07) is 0. The van der Waals surface area contributed by atoms with Crippen molar-refractivity contribution in [3.05, 3.63) is 12.7 Å². The first kappa shape index (κ1) is 14.7. The molecule has 1 aliphatic heterocycles. The van der Waals surface area contributed by atoms with E-state index < -0.39 is 0 Å². The summed E-state index contributed by atoms with van der Waals surface area (Å²) in [5.41, 5.74) is 1.39. The van der Waals surface area contributed by atoms with Crippen molar-refractivity contribution in [2.45, 2.75) is 26.2 Å². The largest absolute Gasteiger partial charge is 0.348 e. The molecule has 1 aliphatic rings. The smallest absolute Gasteiger partial charge is 0.242 e. The number of likely N-dealkylation sites (N-methyl/N-ethyl adjacent to an activating group) is 1. The van der Waals surface area contributed by atoms with Gasteiger partial charge >= 0.3 is 0 Å². The minimum Gasteiger partial charge on any atom is -0.348 e. The van der Waals surface area contributed by atoms with Gasteiger partial charge in [0, 0.05) is 20.1 Å². The van der Waals surface area contributed by atoms with Gasteiger partial charge in [-0.15, -0.1) is 0 Å². The normalized spacial score (nSPS) is 18.6. The fourth-order valence-electron chi connectivity index (χ4n) is 3.04. The molecule has 1 N–H and O–H groups in total. The monoisotopic (exact) mass is 302 g/mol. The first-order valence-corrected chi connectivity index (χ1v) is 7.82. The zero-order chi connectivity index (χ0) is 15.5. The Balaban J connectivity index is 1.69. The highest BCUT2D eigenvalue weighted by molar-refractivity contribution is 5.87. The third-order valence-corrected chi connectivity index (χ3v) is 4.39. The molecule has 7 heteroatoms. The number of amides is 1. The number of hydrogen-bond acceptors (Lipinski definition) is 5. The Kier molecular flexibility index (Phi) is 4.22. The molecule has 1 amide bonds. The standard InChI is InChI=1S/C15H22N6O/c1-3-11-5-4-6-21(7-11)12(22)8-20(2)15-13-14(17-9-16-13)18-10-19-15/h9-11H,3-8H2,1-2H3,(H,16,17,18,19)/t11-/m0/s1. The molecule has 7 nitrogen and oxygen atoms in total. The van der Waals surface area contributed by atoms with Crippen molar-refractivity contribution in [3.63, 3.8) is 0 Å². The number of nitrogens with zero attached hydrogens (tertiary/aromatic N) is 5. The van der Waals surface area contributed by atoms with Gasteiger partial charge in [0.05, 0.1) is 12.9 Å². The minimum absolute atomic E-state index is 0.159. The number of carbonyl (C=O) groups is 1. The lowest BCUT2D eigenvalue weighted by molar-refractivity contribution is -0.131. The average Bonchev–Trinajstić information content (AvgIpc) is 3.03. The minimum atomic E-state index is 0.159. The predicted molar refractivity (Wildman–Crippen MR) is 84.5 cm³/mol. The van der Waals surface area contributed by atoms with Gasteiger partial charge in [0.1, 0.15) is 11.8 Å². The van der Waals surface area contributed by atoms with Crippen molar-refractivity contribution >= 4 is 22.9 Å². The molecule has 1 atom stereocenters. The number of aromatic nitrogens is 4. The number of H-pyrrole nitrogens is 1. The number of aromatic amines is 1. The van der Waals surface area contributed by atoms with Crippen molar-refractivity contribution in [2.24, 2.45) is 5.92 Å². The molecule has 118 valence electrons. The second-order valence-corrected chi connectivity index (χ2v) is 5.91. The van der Waals surface area contributed by atoms with Crippen LogP contribution < -0.4 is 4.90 Å². The highest BCUT2D eigenvalue weighted by atomic mass is 16.2. The van der Waals surface area contributed by atoms with E-state index in [1.54, 1.807) is 6.33 Å². The Bertz CT molecular complexity index is 654. The molecule has 3 heterocycles. The van der Waals surface area contributed by atoms with Crippen molar-refractivity contribution in [1.29, 1.82) is 0 Å². The summed E-state index contributed by atoms with van der Waals surface area (Å²) in [6.07, 6.45) is 6.55. The Morgan fingerprint density at radius 1 is 1.45 bits per heavy atom. The summed E-state index contributed by atoms with van der Waals surface area (Å²) >= 11 is 0. The van der Waals surface area contributed by atoms with Crippen LogP contribution in [0.4, 0.5) is 5.82 Å². The molecule has 0 unspecified atom stereocenters. The second-order valence-electron chi connectivity index (χ2n) is 5.91. The first-order valence-electron chi connectivity index (χ1n) is 7.82. The summed E-state index contributed by atoms with van der Waals surface area (Å²) in [5.74, 6) is 1.51. The second kappa shape index (κ2) is 6.29. The van der Waals surface area contributed by atoms with Gasteiger partial charge in [-0.25, -0.2) is 15.0 Å². The SMILES string of the molecule is CC[C@H]1CCCN(C(=O)CN(C)c2ncnc3nc[nH]c23)C1. The summed E-state index contributed by atoms with van der Waals surface area (Å²) in [6.45, 7) is 4.26. The van der Waals surface area contributed by atoms with Crippen LogP contribution in [0, 0.1) is 5.92 Å². The van der Waals surface area contributed by atoms with E-state index >= 15 is 0 Å². The zero-order valence-corrected chi connectivity index (χ0v) is 13.1. The van der Waals surface area contributed by atoms with Crippen molar-refractivity contribution < 1.29 is 4.79 Å². The van der Waals surface area contributed by atoms with Gasteiger partial charge in [-0.2, -0.15) is 0 Å². The van der Waals surface area contributed by atoms with Gasteiger partial charge in [0.15, 0.2) is 11.5 Å². The van der Waals surface area contributed by atoms with Crippen molar-refractivity contribution in [1.82, 2.24) is 24.8 Å². The molecule has 2 aromatic rings. The van der Waals surface area contributed by atoms with Crippen molar-refractivity contribution in [3.8, 4) is 0 Å². The number of nitrogens with one attached hydrogen (secondary N) is 1. The van der Waals surface area contributed by atoms with Crippen LogP contribution in [-0.4, -0.2) is 57.4 Å². The quantitative estimate of drug-likeness (QED) is 0.924. The molecule has 0 aromatic carbocycles. The topological polar surface area (TPSA) is 78.0 Å². The van der Waals surface area contributed by atoms with Gasteiger partial charge in [-0.3, -0.25) is 4.79 Å². The highest BCUT2D eigenvalue weighted by Gasteiger charge is 2.24. The summed E-state index contributed by atoms with van der Waals surface area (Å²) < 4.78 is 0. The fraction of sp³-hybridized carbons (Fsp3) is 0.600. The van der Waals surface area contributed by atoms with E-state index in [1.807, 2.05) is 16.8 Å². The van der Waals surface area contributed by atoms with Crippen LogP contribution in [0.3, 0.4) is 0 Å². The third kappa shape index (κ3) is 2.88. The Morgan fingerprint density at radius 3 is 3.14 bits per heavy atom. The molecule has 0 radical (unpaired) electrons. The molecular weight excluding hydrogens is 280 g/mol. The Morgan fingerprint density at radius 2 is 2.32 bits per heavy atom. The Hall–Kier alpha value is -2.18. The molecule has 0 aliphatic carbocycles. The van der Waals surface area contributed by atoms with Gasteiger partial charge in [-0.05, 0) is 18.8 Å². The fourth-order valence-corrected chi connectivity index (χ4v) is 3.04. The average molecular weight is 302 g/mol. The van der Waals surface area contributed by atoms with Crippen LogP contribution in [0.15, 0.2) is 12.7 Å². The molecule has 2 aromatic heterocycles. The lowest BCUT2D eigenvalue weighted by Gasteiger charge is -2.33. The maximum absolute atomic E-state index is 12.5. The highest BCUT2D eigenvalue weighted by Crippen LogP contribution is 2.21. The van der Waals surface area contributed by atoms with Gasteiger partial charge in [0.25, 0.3) is 0 Å². The lowest BCUT2D eigenvalue weighted by Crippen LogP contribution is -2.44. The van der Waals surface area contributed by atoms with Crippen molar-refractivity contribution in [2.75, 3.05) is 31.6 Å². The third-order valence-electron chi connectivity index (χ3n) is 4.39. The molecular formula is C15H22N6O. The van der Waals surface area contributed by atoms with Crippen LogP contribution in [0.5, 0.6) is 0 Å². The van der Waals surface area contributed by atoms with Gasteiger partial charge < -0.3 is 14.8 Å². The number of imidazole rings is 1. The number of hydrogen-bond donors (Lipinski definition) is 1. The molecule has 0 saturated carbocycles. The predicted octanol–water partition coefficient (Wildman–Crippen LogP) is 1.44. The molecule has 0 bridgehead atoms. The van der Waals surface area contributed by atoms with Crippen LogP contribution in [0.25, 0.3) is 11.2 Å². The van der Waals surface area contributed by atoms with Crippen LogP contribution >= 0.6 is 0 Å². The number of carbonyl (C=O) groups excluding carboxylic acids is 1. The first-order chi connectivity index (χ1) is 10.7. The van der Waals surface area contributed by atoms with Gasteiger partial charge in [0.2, 0.25) is 5.91 Å². The molecule has 1 saturated heterocycles. The number of piperidine rings is 1. The molecule has 22 heavy (non-hydrogen) atoms. The molecule has 0 spiro atoms. The van der Waals surface area contributed by atoms with E-state index in [2.05, 4.69) is 26.9 Å². The summed E-state index contributed by atoms with van der Waals surface area (Å²) in [5, 5.41) is 0. The van der Waals surface area contributed by atoms with Crippen LogP contribution in [-0.2, 0) is 4.79 Å². The maximum Gasteiger partial charge on any atom is 0.242 e. The van der Waals surface area contributed by atoms with E-state index in [1.165, 1.54) is 12.7 Å². The lowest BCUT2D eigenvalue weighted by atomic mass is 9.95. The van der Waals surface area contributed by atoms with Crippen LogP contribution in [0.1, 0.15) is 26.2 Å². The van der Waals surface area contributed by atoms with E-state index in [0.717, 1.165) is 31.4 Å².